The van der Waals surface area contributed by atoms with Crippen LogP contribution < -0.4 is 5.32 Å². The van der Waals surface area contributed by atoms with E-state index in [9.17, 15) is 14.4 Å². The van der Waals surface area contributed by atoms with Gasteiger partial charge in [-0.15, -0.1) is 0 Å². The van der Waals surface area contributed by atoms with E-state index in [1.807, 2.05) is 42.5 Å². The summed E-state index contributed by atoms with van der Waals surface area (Å²) < 4.78 is 10.8. The number of alkyl carbamates (subject to hydrolysis) is 1. The van der Waals surface area contributed by atoms with Gasteiger partial charge in [0.05, 0.1) is 12.1 Å². The number of allylic oxidation sites excluding steroid dienone is 1. The molecule has 2 rings (SSSR count). The van der Waals surface area contributed by atoms with Crippen LogP contribution >= 0.6 is 0 Å². The molecule has 1 fully saturated rings. The molecular weight excluding hydrogens is 400 g/mol. The van der Waals surface area contributed by atoms with Gasteiger partial charge in [-0.05, 0) is 45.6 Å². The number of hydrogen-bond donors (Lipinski definition) is 2. The number of carboxylic acid groups (broad SMARTS) is 1. The predicted octanol–water partition coefficient (Wildman–Crippen LogP) is 4.10. The molecule has 0 spiro atoms. The van der Waals surface area contributed by atoms with Crippen LogP contribution in [0.5, 0.6) is 0 Å². The maximum absolute atomic E-state index is 12.6. The van der Waals surface area contributed by atoms with Gasteiger partial charge in [0.2, 0.25) is 0 Å². The first-order valence-electron chi connectivity index (χ1n) is 10.5. The van der Waals surface area contributed by atoms with Crippen LogP contribution in [0.1, 0.15) is 52.0 Å². The first kappa shape index (κ1) is 24.2. The molecule has 8 heteroatoms. The second-order valence-electron chi connectivity index (χ2n) is 8.55. The smallest absolute Gasteiger partial charge is 0.410 e. The van der Waals surface area contributed by atoms with Crippen LogP contribution in [0.15, 0.2) is 42.5 Å². The first-order chi connectivity index (χ1) is 14.6. The van der Waals surface area contributed by atoms with E-state index in [1.54, 1.807) is 25.7 Å². The van der Waals surface area contributed by atoms with Crippen molar-refractivity contribution >= 4 is 18.2 Å². The number of ether oxygens (including phenoxy) is 2. The van der Waals surface area contributed by atoms with Gasteiger partial charge < -0.3 is 19.9 Å². The van der Waals surface area contributed by atoms with E-state index in [1.165, 1.54) is 0 Å². The van der Waals surface area contributed by atoms with E-state index in [-0.39, 0.29) is 25.1 Å². The van der Waals surface area contributed by atoms with Crippen LogP contribution in [-0.4, -0.2) is 52.4 Å². The van der Waals surface area contributed by atoms with Crippen LogP contribution in [0.2, 0.25) is 0 Å². The van der Waals surface area contributed by atoms with Gasteiger partial charge in [-0.25, -0.2) is 9.59 Å². The Labute approximate surface area is 183 Å². The fraction of sp³-hybridized carbons (Fsp3) is 0.522. The largest absolute Gasteiger partial charge is 0.481 e. The lowest BCUT2D eigenvalue weighted by atomic mass is 10.1. The number of likely N-dealkylation sites (tertiary alicyclic amines) is 1. The average Bonchev–Trinajstić information content (AvgIpc) is 3.08. The highest BCUT2D eigenvalue weighted by Crippen LogP contribution is 2.23. The van der Waals surface area contributed by atoms with Crippen molar-refractivity contribution in [3.8, 4) is 0 Å². The number of nitrogens with zero attached hydrogens (tertiary/aromatic N) is 1. The van der Waals surface area contributed by atoms with Crippen LogP contribution in [0.4, 0.5) is 9.59 Å². The van der Waals surface area contributed by atoms with Crippen molar-refractivity contribution in [2.75, 3.05) is 6.54 Å². The molecule has 1 aromatic rings. The molecule has 8 nitrogen and oxygen atoms in total. The number of unbranched alkanes of at least 4 members (excludes halogenated alkanes) is 1. The summed E-state index contributed by atoms with van der Waals surface area (Å²) in [5.74, 6) is -0.831. The third kappa shape index (κ3) is 9.11. The molecule has 170 valence electrons. The minimum atomic E-state index is -0.831. The van der Waals surface area contributed by atoms with Crippen molar-refractivity contribution < 1.29 is 29.0 Å². The number of rotatable bonds is 8. The summed E-state index contributed by atoms with van der Waals surface area (Å²) >= 11 is 0. The summed E-state index contributed by atoms with van der Waals surface area (Å²) in [6, 6.07) is 8.86. The van der Waals surface area contributed by atoms with E-state index >= 15 is 0 Å². The second-order valence-corrected chi connectivity index (χ2v) is 8.55. The van der Waals surface area contributed by atoms with Crippen molar-refractivity contribution in [1.82, 2.24) is 10.2 Å². The SMILES string of the molecule is CC(C)(C)OC(=O)N1C[C@H](NC(=O)OCc2ccccc2)C[C@H]1/C=C\CCCC(=O)O. The number of nitrogens with one attached hydrogen (secondary N) is 1. The maximum atomic E-state index is 12.6. The quantitative estimate of drug-likeness (QED) is 0.473. The van der Waals surface area contributed by atoms with Crippen LogP contribution in [-0.2, 0) is 20.9 Å². The molecule has 1 aromatic carbocycles. The maximum Gasteiger partial charge on any atom is 0.410 e. The standard InChI is InChI=1S/C23H32N2O6/c1-23(2,3)31-22(29)25-15-18(14-19(25)12-8-5-9-13-20(26)27)24-21(28)30-16-17-10-6-4-7-11-17/h4,6-8,10-12,18-19H,5,9,13-16H2,1-3H3,(H,24,28)(H,26,27)/b12-8-/t18-,19-/m1/s1. The Morgan fingerprint density at radius 2 is 1.94 bits per heavy atom. The Morgan fingerprint density at radius 3 is 2.58 bits per heavy atom. The summed E-state index contributed by atoms with van der Waals surface area (Å²) in [5.41, 5.74) is 0.258. The average molecular weight is 433 g/mol. The number of carbonyl (C=O) groups is 3. The fourth-order valence-electron chi connectivity index (χ4n) is 3.24. The second kappa shape index (κ2) is 11.4. The Bertz CT molecular complexity index is 772. The minimum Gasteiger partial charge on any atom is -0.481 e. The zero-order valence-corrected chi connectivity index (χ0v) is 18.4. The number of hydrogen-bond acceptors (Lipinski definition) is 5. The highest BCUT2D eigenvalue weighted by atomic mass is 16.6. The van der Waals surface area contributed by atoms with Gasteiger partial charge >= 0.3 is 18.2 Å². The van der Waals surface area contributed by atoms with E-state index in [0.717, 1.165) is 5.56 Å². The molecule has 0 aliphatic carbocycles. The number of amides is 2. The van der Waals surface area contributed by atoms with Crippen molar-refractivity contribution in [2.24, 2.45) is 0 Å². The van der Waals surface area contributed by atoms with Gasteiger partial charge in [0.1, 0.15) is 12.2 Å². The lowest BCUT2D eigenvalue weighted by Gasteiger charge is -2.27. The molecular formula is C23H32N2O6. The van der Waals surface area contributed by atoms with Crippen molar-refractivity contribution in [2.45, 2.75) is 70.7 Å². The van der Waals surface area contributed by atoms with Crippen LogP contribution in [0, 0.1) is 0 Å². The molecule has 2 atom stereocenters. The fourth-order valence-corrected chi connectivity index (χ4v) is 3.24. The summed E-state index contributed by atoms with van der Waals surface area (Å²) in [5, 5.41) is 11.6. The third-order valence-corrected chi connectivity index (χ3v) is 4.63. The van der Waals surface area contributed by atoms with Gasteiger partial charge in [-0.3, -0.25) is 9.69 Å². The highest BCUT2D eigenvalue weighted by molar-refractivity contribution is 5.71. The number of benzene rings is 1. The van der Waals surface area contributed by atoms with Crippen molar-refractivity contribution in [3.63, 3.8) is 0 Å². The Morgan fingerprint density at radius 1 is 1.23 bits per heavy atom. The summed E-state index contributed by atoms with van der Waals surface area (Å²) in [6.07, 6.45) is 4.51. The topological polar surface area (TPSA) is 105 Å². The molecule has 0 radical (unpaired) electrons. The predicted molar refractivity (Wildman–Crippen MR) is 116 cm³/mol. The van der Waals surface area contributed by atoms with Crippen LogP contribution in [0.3, 0.4) is 0 Å². The Balaban J connectivity index is 1.93. The molecule has 0 unspecified atom stereocenters. The zero-order valence-electron chi connectivity index (χ0n) is 18.4. The molecule has 1 aliphatic heterocycles. The van der Waals surface area contributed by atoms with Gasteiger partial charge in [0, 0.05) is 13.0 Å². The highest BCUT2D eigenvalue weighted by Gasteiger charge is 2.37. The normalized spacial score (nSPS) is 18.7. The molecule has 1 aliphatic rings. The zero-order chi connectivity index (χ0) is 22.9. The lowest BCUT2D eigenvalue weighted by Crippen LogP contribution is -2.41. The van der Waals surface area contributed by atoms with E-state index in [0.29, 0.717) is 25.8 Å². The first-order valence-corrected chi connectivity index (χ1v) is 10.5. The van der Waals surface area contributed by atoms with Gasteiger partial charge in [-0.1, -0.05) is 42.5 Å². The summed E-state index contributed by atoms with van der Waals surface area (Å²) in [7, 11) is 0. The van der Waals surface area contributed by atoms with E-state index < -0.39 is 23.8 Å². The minimum absolute atomic E-state index is 0.0994. The Kier molecular flexibility index (Phi) is 8.90. The third-order valence-electron chi connectivity index (χ3n) is 4.63. The Hall–Kier alpha value is -3.03. The molecule has 0 bridgehead atoms. The summed E-state index contributed by atoms with van der Waals surface area (Å²) in [4.78, 5) is 37.1. The van der Waals surface area contributed by atoms with Crippen LogP contribution in [0.25, 0.3) is 0 Å². The molecule has 2 amide bonds. The summed E-state index contributed by atoms with van der Waals surface area (Å²) in [6.45, 7) is 5.87. The molecule has 0 saturated carbocycles. The molecule has 2 N–H and O–H groups in total. The van der Waals surface area contributed by atoms with E-state index in [2.05, 4.69) is 5.32 Å². The van der Waals surface area contributed by atoms with Crippen molar-refractivity contribution in [1.29, 1.82) is 0 Å². The molecule has 0 aromatic heterocycles. The number of carbonyl (C=O) groups excluding carboxylic acids is 2. The molecule has 31 heavy (non-hydrogen) atoms. The number of carboxylic acids is 1. The van der Waals surface area contributed by atoms with Gasteiger partial charge in [0.25, 0.3) is 0 Å². The van der Waals surface area contributed by atoms with Gasteiger partial charge in [0.15, 0.2) is 0 Å². The van der Waals surface area contributed by atoms with E-state index in [4.69, 9.17) is 14.6 Å². The lowest BCUT2D eigenvalue weighted by molar-refractivity contribution is -0.137. The molecule has 1 heterocycles. The van der Waals surface area contributed by atoms with Crippen molar-refractivity contribution in [3.05, 3.63) is 48.0 Å². The monoisotopic (exact) mass is 432 g/mol. The number of aliphatic carboxylic acids is 1. The molecule has 1 saturated heterocycles. The van der Waals surface area contributed by atoms with Gasteiger partial charge in [-0.2, -0.15) is 0 Å².